The van der Waals surface area contributed by atoms with Crippen LogP contribution in [0.25, 0.3) is 0 Å². The Hall–Kier alpha value is -1.10. The van der Waals surface area contributed by atoms with Crippen LogP contribution in [-0.4, -0.2) is 64.5 Å². The molecule has 0 aromatic heterocycles. The zero-order valence-electron chi connectivity index (χ0n) is 16.9. The first-order valence-electron chi connectivity index (χ1n) is 9.90. The summed E-state index contributed by atoms with van der Waals surface area (Å²) < 4.78 is 11.0. The highest BCUT2D eigenvalue weighted by Gasteiger charge is 2.15. The Balaban J connectivity index is 0.00000420. The fourth-order valence-electron chi connectivity index (χ4n) is 2.72. The van der Waals surface area contributed by atoms with Gasteiger partial charge in [0.15, 0.2) is 5.96 Å². The molecule has 0 spiro atoms. The van der Waals surface area contributed by atoms with Crippen LogP contribution < -0.4 is 16.0 Å². The first-order valence-corrected chi connectivity index (χ1v) is 10.3. The van der Waals surface area contributed by atoms with Crippen LogP contribution in [0.1, 0.15) is 30.1 Å². The molecule has 1 aliphatic rings. The minimum atomic E-state index is -0.120. The molecular weight excluding hydrogens is 507 g/mol. The van der Waals surface area contributed by atoms with Gasteiger partial charge in [-0.15, -0.1) is 24.0 Å². The fraction of sp³-hybridized carbons (Fsp3) is 0.600. The summed E-state index contributed by atoms with van der Waals surface area (Å²) in [6, 6.07) is 6.82. The molecule has 1 saturated heterocycles. The quantitative estimate of drug-likeness (QED) is 0.175. The Labute approximate surface area is 195 Å². The van der Waals surface area contributed by atoms with Gasteiger partial charge in [0.05, 0.1) is 13.2 Å². The lowest BCUT2D eigenvalue weighted by molar-refractivity contribution is 0.0893. The summed E-state index contributed by atoms with van der Waals surface area (Å²) in [5.41, 5.74) is 0.592. The minimum Gasteiger partial charge on any atom is -0.381 e. The topological polar surface area (TPSA) is 84.0 Å². The van der Waals surface area contributed by atoms with Crippen molar-refractivity contribution < 1.29 is 14.3 Å². The molecule has 0 radical (unpaired) electrons. The molecule has 2 rings (SSSR count). The van der Waals surface area contributed by atoms with E-state index >= 15 is 0 Å². The van der Waals surface area contributed by atoms with Gasteiger partial charge < -0.3 is 25.4 Å². The normalized spacial score (nSPS) is 16.2. The van der Waals surface area contributed by atoms with Gasteiger partial charge >= 0.3 is 0 Å². The van der Waals surface area contributed by atoms with Gasteiger partial charge in [0, 0.05) is 55.9 Å². The van der Waals surface area contributed by atoms with E-state index in [2.05, 4.69) is 20.9 Å². The highest BCUT2D eigenvalue weighted by Crippen LogP contribution is 2.12. The summed E-state index contributed by atoms with van der Waals surface area (Å²) in [6.45, 7) is 7.73. The summed E-state index contributed by atoms with van der Waals surface area (Å²) in [6.07, 6.45) is 1.97. The van der Waals surface area contributed by atoms with Crippen molar-refractivity contribution in [3.05, 3.63) is 34.9 Å². The molecule has 1 fully saturated rings. The standard InChI is InChI=1S/C20H31ClN4O3.HI/c1-2-22-20(24-9-3-12-27-14-16-8-13-28-15-16)25-11-10-23-19(26)17-4-6-18(21)7-5-17;/h4-7,16H,2-3,8-15H2,1H3,(H,23,26)(H2,22,24,25);1H. The molecule has 0 saturated carbocycles. The molecule has 1 aromatic rings. The van der Waals surface area contributed by atoms with Gasteiger partial charge in [-0.3, -0.25) is 9.79 Å². The van der Waals surface area contributed by atoms with Crippen LogP contribution in [0.2, 0.25) is 5.02 Å². The second-order valence-corrected chi connectivity index (χ2v) is 7.04. The number of hydrogen-bond donors (Lipinski definition) is 3. The SMILES string of the molecule is CCNC(=NCCCOCC1CCOC1)NCCNC(=O)c1ccc(Cl)cc1.I. The predicted octanol–water partition coefficient (Wildman–Crippen LogP) is 2.69. The van der Waals surface area contributed by atoms with E-state index < -0.39 is 0 Å². The third kappa shape index (κ3) is 11.0. The molecule has 1 amide bonds. The molecular formula is C20H32ClIN4O3. The van der Waals surface area contributed by atoms with Crippen LogP contribution >= 0.6 is 35.6 Å². The molecule has 7 nitrogen and oxygen atoms in total. The van der Waals surface area contributed by atoms with E-state index in [9.17, 15) is 4.79 Å². The zero-order valence-corrected chi connectivity index (χ0v) is 20.0. The number of nitrogens with one attached hydrogen (secondary N) is 3. The van der Waals surface area contributed by atoms with Crippen molar-refractivity contribution in [2.45, 2.75) is 19.8 Å². The lowest BCUT2D eigenvalue weighted by Gasteiger charge is -2.12. The molecule has 1 atom stereocenters. The third-order valence-corrected chi connectivity index (χ3v) is 4.50. The van der Waals surface area contributed by atoms with Gasteiger partial charge in [-0.1, -0.05) is 11.6 Å². The molecule has 1 unspecified atom stereocenters. The van der Waals surface area contributed by atoms with E-state index in [1.165, 1.54) is 0 Å². The maximum Gasteiger partial charge on any atom is 0.251 e. The lowest BCUT2D eigenvalue weighted by atomic mass is 10.1. The van der Waals surface area contributed by atoms with Crippen LogP contribution in [0.4, 0.5) is 0 Å². The Morgan fingerprint density at radius 2 is 2.00 bits per heavy atom. The van der Waals surface area contributed by atoms with Gasteiger partial charge in [0.2, 0.25) is 0 Å². The largest absolute Gasteiger partial charge is 0.381 e. The van der Waals surface area contributed by atoms with Crippen molar-refractivity contribution in [2.75, 3.05) is 52.6 Å². The Morgan fingerprint density at radius 1 is 1.24 bits per heavy atom. The molecule has 29 heavy (non-hydrogen) atoms. The van der Waals surface area contributed by atoms with Crippen LogP contribution in [0.5, 0.6) is 0 Å². The smallest absolute Gasteiger partial charge is 0.251 e. The molecule has 9 heteroatoms. The number of hydrogen-bond acceptors (Lipinski definition) is 4. The predicted molar refractivity (Wildman–Crippen MR) is 128 cm³/mol. The van der Waals surface area contributed by atoms with E-state index in [4.69, 9.17) is 21.1 Å². The van der Waals surface area contributed by atoms with Crippen molar-refractivity contribution in [1.29, 1.82) is 0 Å². The molecule has 0 aliphatic carbocycles. The van der Waals surface area contributed by atoms with Crippen LogP contribution in [-0.2, 0) is 9.47 Å². The van der Waals surface area contributed by atoms with Crippen molar-refractivity contribution in [3.63, 3.8) is 0 Å². The summed E-state index contributed by atoms with van der Waals surface area (Å²) in [5, 5.41) is 9.90. The van der Waals surface area contributed by atoms with Crippen LogP contribution in [0.3, 0.4) is 0 Å². The number of benzene rings is 1. The molecule has 164 valence electrons. The number of ether oxygens (including phenoxy) is 2. The summed E-state index contributed by atoms with van der Waals surface area (Å²) in [5.74, 6) is 1.17. The summed E-state index contributed by atoms with van der Waals surface area (Å²) >= 11 is 5.83. The maximum absolute atomic E-state index is 12.0. The number of carbonyl (C=O) groups excluding carboxylic acids is 1. The minimum absolute atomic E-state index is 0. The summed E-state index contributed by atoms with van der Waals surface area (Å²) in [4.78, 5) is 16.6. The average molecular weight is 539 g/mol. The zero-order chi connectivity index (χ0) is 20.0. The number of halogens is 2. The van der Waals surface area contributed by atoms with Crippen molar-refractivity contribution in [2.24, 2.45) is 10.9 Å². The van der Waals surface area contributed by atoms with E-state index in [0.717, 1.165) is 45.2 Å². The van der Waals surface area contributed by atoms with Crippen LogP contribution in [0.15, 0.2) is 29.3 Å². The number of aliphatic imine (C=N–C) groups is 1. The number of carbonyl (C=O) groups is 1. The van der Waals surface area contributed by atoms with Gasteiger partial charge in [-0.05, 0) is 44.0 Å². The van der Waals surface area contributed by atoms with E-state index in [0.29, 0.717) is 42.7 Å². The number of rotatable bonds is 11. The number of guanidine groups is 1. The van der Waals surface area contributed by atoms with Crippen molar-refractivity contribution >= 4 is 47.4 Å². The Kier molecular flexibility index (Phi) is 14.0. The van der Waals surface area contributed by atoms with Gasteiger partial charge in [-0.25, -0.2) is 0 Å². The average Bonchev–Trinajstić information content (AvgIpc) is 3.21. The number of amides is 1. The molecule has 0 bridgehead atoms. The van der Waals surface area contributed by atoms with E-state index in [1.54, 1.807) is 24.3 Å². The maximum atomic E-state index is 12.0. The number of nitrogens with zero attached hydrogens (tertiary/aromatic N) is 1. The van der Waals surface area contributed by atoms with Gasteiger partial charge in [0.25, 0.3) is 5.91 Å². The highest BCUT2D eigenvalue weighted by molar-refractivity contribution is 14.0. The first-order chi connectivity index (χ1) is 13.7. The van der Waals surface area contributed by atoms with Crippen LogP contribution in [0, 0.1) is 5.92 Å². The molecule has 1 heterocycles. The van der Waals surface area contributed by atoms with Gasteiger partial charge in [0.1, 0.15) is 0 Å². The fourth-order valence-corrected chi connectivity index (χ4v) is 2.85. The van der Waals surface area contributed by atoms with Crippen molar-refractivity contribution in [3.8, 4) is 0 Å². The Bertz CT molecular complexity index is 610. The summed E-state index contributed by atoms with van der Waals surface area (Å²) in [7, 11) is 0. The highest BCUT2D eigenvalue weighted by atomic mass is 127. The monoisotopic (exact) mass is 538 g/mol. The first kappa shape index (κ1) is 25.9. The van der Waals surface area contributed by atoms with Crippen molar-refractivity contribution in [1.82, 2.24) is 16.0 Å². The van der Waals surface area contributed by atoms with E-state index in [1.807, 2.05) is 6.92 Å². The lowest BCUT2D eigenvalue weighted by Crippen LogP contribution is -2.41. The molecule has 1 aliphatic heterocycles. The molecule has 3 N–H and O–H groups in total. The second kappa shape index (κ2) is 15.7. The second-order valence-electron chi connectivity index (χ2n) is 6.61. The molecule has 1 aromatic carbocycles. The Morgan fingerprint density at radius 3 is 2.69 bits per heavy atom. The third-order valence-electron chi connectivity index (χ3n) is 4.25. The van der Waals surface area contributed by atoms with E-state index in [-0.39, 0.29) is 29.9 Å². The van der Waals surface area contributed by atoms with Gasteiger partial charge in [-0.2, -0.15) is 0 Å².